The molecule has 0 spiro atoms. The lowest BCUT2D eigenvalue weighted by molar-refractivity contribution is 0.263. The van der Waals surface area contributed by atoms with Crippen molar-refractivity contribution in [3.05, 3.63) is 20.8 Å². The highest BCUT2D eigenvalue weighted by Gasteiger charge is 2.23. The van der Waals surface area contributed by atoms with Gasteiger partial charge in [-0.1, -0.05) is 6.92 Å². The van der Waals surface area contributed by atoms with Crippen LogP contribution < -0.4 is 5.32 Å². The van der Waals surface area contributed by atoms with Gasteiger partial charge in [-0.3, -0.25) is 0 Å². The van der Waals surface area contributed by atoms with E-state index in [9.17, 15) is 0 Å². The van der Waals surface area contributed by atoms with Gasteiger partial charge in [0.15, 0.2) is 0 Å². The van der Waals surface area contributed by atoms with Crippen molar-refractivity contribution in [2.45, 2.75) is 32.7 Å². The van der Waals surface area contributed by atoms with Crippen LogP contribution in [-0.4, -0.2) is 31.1 Å². The summed E-state index contributed by atoms with van der Waals surface area (Å²) in [6, 6.07) is 2.20. The minimum Gasteiger partial charge on any atom is -0.311 e. The molecule has 0 atom stereocenters. The highest BCUT2D eigenvalue weighted by Crippen LogP contribution is 2.29. The zero-order chi connectivity index (χ0) is 12.8. The van der Waals surface area contributed by atoms with E-state index in [0.717, 1.165) is 19.0 Å². The van der Waals surface area contributed by atoms with Crippen LogP contribution in [0.25, 0.3) is 0 Å². The Labute approximate surface area is 123 Å². The van der Waals surface area contributed by atoms with E-state index in [1.54, 1.807) is 0 Å². The van der Waals surface area contributed by atoms with Crippen LogP contribution in [0.4, 0.5) is 0 Å². The van der Waals surface area contributed by atoms with Gasteiger partial charge in [0.2, 0.25) is 0 Å². The van der Waals surface area contributed by atoms with Gasteiger partial charge in [0.25, 0.3) is 0 Å². The Kier molecular flexibility index (Phi) is 6.15. The van der Waals surface area contributed by atoms with E-state index in [1.807, 2.05) is 11.3 Å². The normalized spacial score (nSPS) is 15.5. The molecule has 102 valence electrons. The number of nitrogens with one attached hydrogen (secondary N) is 1. The Morgan fingerprint density at radius 3 is 2.89 bits per heavy atom. The van der Waals surface area contributed by atoms with E-state index >= 15 is 0 Å². The van der Waals surface area contributed by atoms with E-state index in [4.69, 9.17) is 0 Å². The first kappa shape index (κ1) is 14.5. The highest BCUT2D eigenvalue weighted by molar-refractivity contribution is 9.10. The van der Waals surface area contributed by atoms with Gasteiger partial charge in [-0.25, -0.2) is 0 Å². The van der Waals surface area contributed by atoms with Crippen molar-refractivity contribution in [2.24, 2.45) is 5.92 Å². The summed E-state index contributed by atoms with van der Waals surface area (Å²) in [5, 5.41) is 5.69. The van der Waals surface area contributed by atoms with Crippen molar-refractivity contribution < 1.29 is 0 Å². The molecule has 0 aromatic carbocycles. The highest BCUT2D eigenvalue weighted by atomic mass is 79.9. The number of hydrogen-bond donors (Lipinski definition) is 1. The van der Waals surface area contributed by atoms with E-state index in [0.29, 0.717) is 0 Å². The maximum atomic E-state index is 3.55. The number of rotatable bonds is 9. The average molecular weight is 331 g/mol. The van der Waals surface area contributed by atoms with Gasteiger partial charge in [-0.2, -0.15) is 0 Å². The molecule has 0 bridgehead atoms. The lowest BCUT2D eigenvalue weighted by Gasteiger charge is -2.21. The molecule has 0 saturated heterocycles. The van der Waals surface area contributed by atoms with Crippen molar-refractivity contribution in [3.63, 3.8) is 0 Å². The molecule has 1 heterocycles. The number of hydrogen-bond acceptors (Lipinski definition) is 3. The summed E-state index contributed by atoms with van der Waals surface area (Å²) in [6.45, 7) is 8.14. The Morgan fingerprint density at radius 2 is 2.28 bits per heavy atom. The van der Waals surface area contributed by atoms with Crippen molar-refractivity contribution in [2.75, 3.05) is 26.2 Å². The minimum absolute atomic E-state index is 1.000. The van der Waals surface area contributed by atoms with Gasteiger partial charge in [-0.05, 0) is 53.7 Å². The van der Waals surface area contributed by atoms with Crippen LogP contribution in [0, 0.1) is 5.92 Å². The van der Waals surface area contributed by atoms with Crippen LogP contribution in [0.5, 0.6) is 0 Å². The second kappa shape index (κ2) is 7.63. The first-order valence-electron chi connectivity index (χ1n) is 6.94. The van der Waals surface area contributed by atoms with Crippen LogP contribution in [-0.2, 0) is 6.54 Å². The molecule has 1 aliphatic carbocycles. The molecule has 4 heteroatoms. The average Bonchev–Trinajstić information content (AvgIpc) is 3.06. The Morgan fingerprint density at radius 1 is 1.44 bits per heavy atom. The molecule has 1 N–H and O–H groups in total. The number of halogens is 1. The number of nitrogens with zero attached hydrogens (tertiary/aromatic N) is 1. The summed E-state index contributed by atoms with van der Waals surface area (Å²) in [6.07, 6.45) is 4.18. The Balaban J connectivity index is 1.60. The summed E-state index contributed by atoms with van der Waals surface area (Å²) >= 11 is 5.31. The van der Waals surface area contributed by atoms with Gasteiger partial charge in [0, 0.05) is 40.9 Å². The van der Waals surface area contributed by atoms with E-state index < -0.39 is 0 Å². The quantitative estimate of drug-likeness (QED) is 0.694. The first-order chi connectivity index (χ1) is 8.78. The predicted octanol–water partition coefficient (Wildman–Crippen LogP) is 3.72. The largest absolute Gasteiger partial charge is 0.311 e. The second-order valence-corrected chi connectivity index (χ2v) is 7.06. The molecule has 1 saturated carbocycles. The molecule has 1 fully saturated rings. The third kappa shape index (κ3) is 5.39. The van der Waals surface area contributed by atoms with E-state index in [1.165, 1.54) is 48.2 Å². The molecule has 0 amide bonds. The fourth-order valence-corrected chi connectivity index (χ4v) is 3.59. The summed E-state index contributed by atoms with van der Waals surface area (Å²) < 4.78 is 1.20. The lowest BCUT2D eigenvalue weighted by atomic mass is 10.3. The van der Waals surface area contributed by atoms with Crippen LogP contribution in [0.15, 0.2) is 15.9 Å². The summed E-state index contributed by atoms with van der Waals surface area (Å²) in [5.41, 5.74) is 0. The SMILES string of the molecule is CCCN(CCNCc1cc(Br)cs1)CC1CC1. The Hall–Kier alpha value is 0.1000. The molecular formula is C14H23BrN2S. The third-order valence-corrected chi connectivity index (χ3v) is 4.98. The van der Waals surface area contributed by atoms with Crippen molar-refractivity contribution in [3.8, 4) is 0 Å². The predicted molar refractivity (Wildman–Crippen MR) is 83.2 cm³/mol. The zero-order valence-electron chi connectivity index (χ0n) is 11.1. The molecule has 1 aromatic rings. The first-order valence-corrected chi connectivity index (χ1v) is 8.61. The second-order valence-electron chi connectivity index (χ2n) is 5.15. The van der Waals surface area contributed by atoms with Crippen molar-refractivity contribution in [1.82, 2.24) is 10.2 Å². The van der Waals surface area contributed by atoms with Crippen molar-refractivity contribution in [1.29, 1.82) is 0 Å². The van der Waals surface area contributed by atoms with Crippen LogP contribution in [0.3, 0.4) is 0 Å². The topological polar surface area (TPSA) is 15.3 Å². The van der Waals surface area contributed by atoms with Gasteiger partial charge in [0.05, 0.1) is 0 Å². The monoisotopic (exact) mass is 330 g/mol. The molecule has 2 nitrogen and oxygen atoms in total. The zero-order valence-corrected chi connectivity index (χ0v) is 13.5. The maximum Gasteiger partial charge on any atom is 0.0300 e. The minimum atomic E-state index is 1.000. The fraction of sp³-hybridized carbons (Fsp3) is 0.714. The van der Waals surface area contributed by atoms with Crippen LogP contribution in [0.1, 0.15) is 31.1 Å². The molecule has 18 heavy (non-hydrogen) atoms. The van der Waals surface area contributed by atoms with E-state index in [-0.39, 0.29) is 0 Å². The molecule has 2 rings (SSSR count). The molecule has 1 aliphatic rings. The Bertz CT molecular complexity index is 349. The molecular weight excluding hydrogens is 308 g/mol. The molecule has 0 aliphatic heterocycles. The summed E-state index contributed by atoms with van der Waals surface area (Å²) in [5.74, 6) is 1.00. The molecule has 1 aromatic heterocycles. The third-order valence-electron chi connectivity index (χ3n) is 3.28. The van der Waals surface area contributed by atoms with E-state index in [2.05, 4.69) is 44.5 Å². The number of thiophene rings is 1. The fourth-order valence-electron chi connectivity index (χ4n) is 2.17. The summed E-state index contributed by atoms with van der Waals surface area (Å²) in [7, 11) is 0. The lowest BCUT2D eigenvalue weighted by Crippen LogP contribution is -2.34. The molecule has 0 unspecified atom stereocenters. The summed E-state index contributed by atoms with van der Waals surface area (Å²) in [4.78, 5) is 4.03. The standard InChI is InChI=1S/C14H23BrN2S/c1-2-6-17(10-12-3-4-12)7-5-16-9-14-8-13(15)11-18-14/h8,11-12,16H,2-7,9-10H2,1H3. The van der Waals surface area contributed by atoms with Crippen LogP contribution in [0.2, 0.25) is 0 Å². The maximum absolute atomic E-state index is 3.55. The van der Waals surface area contributed by atoms with Gasteiger partial charge in [0.1, 0.15) is 0 Å². The van der Waals surface area contributed by atoms with Gasteiger partial charge < -0.3 is 10.2 Å². The van der Waals surface area contributed by atoms with Gasteiger partial charge in [-0.15, -0.1) is 11.3 Å². The molecule has 0 radical (unpaired) electrons. The van der Waals surface area contributed by atoms with Crippen molar-refractivity contribution >= 4 is 27.3 Å². The van der Waals surface area contributed by atoms with Crippen LogP contribution >= 0.6 is 27.3 Å². The van der Waals surface area contributed by atoms with Gasteiger partial charge >= 0.3 is 0 Å². The smallest absolute Gasteiger partial charge is 0.0300 e.